The van der Waals surface area contributed by atoms with Gasteiger partial charge in [-0.1, -0.05) is 12.8 Å². The molecule has 0 aliphatic carbocycles. The average Bonchev–Trinajstić information content (AvgIpc) is 2.99. The number of carbonyl (C=O) groups excluding carboxylic acids is 1. The Morgan fingerprint density at radius 2 is 1.68 bits per heavy atom. The Kier molecular flexibility index (Phi) is 6.31. The molecule has 0 aromatic heterocycles. The largest absolute Gasteiger partial charge is 0.497 e. The average molecular weight is 406 g/mol. The van der Waals surface area contributed by atoms with Crippen LogP contribution in [0.1, 0.15) is 36.0 Å². The summed E-state index contributed by atoms with van der Waals surface area (Å²) in [5, 5.41) is 2.58. The molecule has 2 aromatic rings. The van der Waals surface area contributed by atoms with Gasteiger partial charge in [-0.25, -0.2) is 12.8 Å². The monoisotopic (exact) mass is 406 g/mol. The fourth-order valence-electron chi connectivity index (χ4n) is 3.14. The fraction of sp³-hybridized carbons (Fsp3) is 0.350. The van der Waals surface area contributed by atoms with Gasteiger partial charge in [0.25, 0.3) is 5.91 Å². The van der Waals surface area contributed by atoms with Crippen molar-refractivity contribution < 1.29 is 22.3 Å². The summed E-state index contributed by atoms with van der Waals surface area (Å²) in [6, 6.07) is 9.89. The van der Waals surface area contributed by atoms with Crippen molar-refractivity contribution in [2.45, 2.75) is 30.6 Å². The van der Waals surface area contributed by atoms with Crippen molar-refractivity contribution in [3.63, 3.8) is 0 Å². The fourth-order valence-corrected chi connectivity index (χ4v) is 4.69. The Labute approximate surface area is 164 Å². The molecule has 0 atom stereocenters. The lowest BCUT2D eigenvalue weighted by atomic mass is 10.2. The number of sulfonamides is 1. The first-order valence-electron chi connectivity index (χ1n) is 9.17. The molecule has 1 fully saturated rings. The van der Waals surface area contributed by atoms with Crippen molar-refractivity contribution in [1.29, 1.82) is 0 Å². The molecule has 1 aliphatic rings. The van der Waals surface area contributed by atoms with E-state index in [2.05, 4.69) is 5.32 Å². The van der Waals surface area contributed by atoms with Crippen molar-refractivity contribution >= 4 is 21.6 Å². The van der Waals surface area contributed by atoms with Gasteiger partial charge in [-0.15, -0.1) is 0 Å². The van der Waals surface area contributed by atoms with E-state index in [0.717, 1.165) is 37.8 Å². The van der Waals surface area contributed by atoms with Crippen LogP contribution in [0.2, 0.25) is 0 Å². The SMILES string of the molecule is COc1ccc(NC(=O)c2cc(S(=O)(=O)N3CCCCCC3)ccc2F)cc1. The second kappa shape index (κ2) is 8.70. The van der Waals surface area contributed by atoms with E-state index in [4.69, 9.17) is 4.74 Å². The molecule has 0 bridgehead atoms. The zero-order chi connectivity index (χ0) is 20.1. The Balaban J connectivity index is 1.84. The Bertz CT molecular complexity index is 937. The van der Waals surface area contributed by atoms with Crippen LogP contribution in [0.15, 0.2) is 47.4 Å². The maximum absolute atomic E-state index is 14.2. The molecule has 1 amide bonds. The number of rotatable bonds is 5. The van der Waals surface area contributed by atoms with E-state index >= 15 is 0 Å². The zero-order valence-corrected chi connectivity index (χ0v) is 16.5. The lowest BCUT2D eigenvalue weighted by Crippen LogP contribution is -2.32. The molecule has 1 N–H and O–H groups in total. The van der Waals surface area contributed by atoms with Crippen LogP contribution >= 0.6 is 0 Å². The highest BCUT2D eigenvalue weighted by Gasteiger charge is 2.27. The van der Waals surface area contributed by atoms with Crippen molar-refractivity contribution in [2.24, 2.45) is 0 Å². The number of amides is 1. The summed E-state index contributed by atoms with van der Waals surface area (Å²) in [5.41, 5.74) is 0.137. The Morgan fingerprint density at radius 3 is 2.29 bits per heavy atom. The third-order valence-corrected chi connectivity index (χ3v) is 6.63. The van der Waals surface area contributed by atoms with E-state index < -0.39 is 21.7 Å². The van der Waals surface area contributed by atoms with E-state index in [9.17, 15) is 17.6 Å². The molecule has 150 valence electrons. The minimum atomic E-state index is -3.77. The van der Waals surface area contributed by atoms with Crippen LogP contribution in [0.5, 0.6) is 5.75 Å². The Hall–Kier alpha value is -2.45. The van der Waals surface area contributed by atoms with Gasteiger partial charge in [-0.05, 0) is 55.3 Å². The predicted molar refractivity (Wildman–Crippen MR) is 105 cm³/mol. The molecule has 0 spiro atoms. The number of halogens is 1. The van der Waals surface area contributed by atoms with E-state index in [-0.39, 0.29) is 10.5 Å². The van der Waals surface area contributed by atoms with Crippen molar-refractivity contribution in [3.8, 4) is 5.75 Å². The standard InChI is InChI=1S/C20H23FN2O4S/c1-27-16-8-6-15(7-9-16)22-20(24)18-14-17(10-11-19(18)21)28(25,26)23-12-4-2-3-5-13-23/h6-11,14H,2-5,12-13H2,1H3,(H,22,24). The van der Waals surface area contributed by atoms with Crippen molar-refractivity contribution in [1.82, 2.24) is 4.31 Å². The molecule has 2 aromatic carbocycles. The minimum Gasteiger partial charge on any atom is -0.497 e. The first kappa shape index (κ1) is 20.3. The number of ether oxygens (including phenoxy) is 1. The van der Waals surface area contributed by atoms with Crippen LogP contribution in [0, 0.1) is 5.82 Å². The van der Waals surface area contributed by atoms with Gasteiger partial charge in [-0.2, -0.15) is 4.31 Å². The van der Waals surface area contributed by atoms with E-state index in [1.165, 1.54) is 17.5 Å². The molecule has 8 heteroatoms. The van der Waals surface area contributed by atoms with Crippen LogP contribution < -0.4 is 10.1 Å². The molecular weight excluding hydrogens is 383 g/mol. The van der Waals surface area contributed by atoms with Gasteiger partial charge in [0.15, 0.2) is 0 Å². The number of carbonyl (C=O) groups is 1. The quantitative estimate of drug-likeness (QED) is 0.822. The maximum Gasteiger partial charge on any atom is 0.258 e. The number of nitrogens with one attached hydrogen (secondary N) is 1. The van der Waals surface area contributed by atoms with Gasteiger partial charge in [0.2, 0.25) is 10.0 Å². The smallest absolute Gasteiger partial charge is 0.258 e. The molecule has 1 aliphatic heterocycles. The number of methoxy groups -OCH3 is 1. The number of nitrogens with zero attached hydrogens (tertiary/aromatic N) is 1. The zero-order valence-electron chi connectivity index (χ0n) is 15.7. The van der Waals surface area contributed by atoms with Gasteiger partial charge in [0, 0.05) is 18.8 Å². The third-order valence-electron chi connectivity index (χ3n) is 4.73. The van der Waals surface area contributed by atoms with Gasteiger partial charge in [-0.3, -0.25) is 4.79 Å². The summed E-state index contributed by atoms with van der Waals surface area (Å²) < 4.78 is 46.5. The first-order valence-corrected chi connectivity index (χ1v) is 10.6. The molecule has 0 radical (unpaired) electrons. The summed E-state index contributed by atoms with van der Waals surface area (Å²) in [4.78, 5) is 12.4. The second-order valence-electron chi connectivity index (χ2n) is 6.64. The van der Waals surface area contributed by atoms with Gasteiger partial charge >= 0.3 is 0 Å². The maximum atomic E-state index is 14.2. The minimum absolute atomic E-state index is 0.0734. The van der Waals surface area contributed by atoms with Crippen LogP contribution in [0.4, 0.5) is 10.1 Å². The number of hydrogen-bond acceptors (Lipinski definition) is 4. The van der Waals surface area contributed by atoms with E-state index in [1.807, 2.05) is 0 Å². The number of benzene rings is 2. The van der Waals surface area contributed by atoms with Crippen LogP contribution in [0.3, 0.4) is 0 Å². The highest BCUT2D eigenvalue weighted by molar-refractivity contribution is 7.89. The molecule has 0 unspecified atom stereocenters. The van der Waals surface area contributed by atoms with Crippen LogP contribution in [-0.4, -0.2) is 38.8 Å². The highest BCUT2D eigenvalue weighted by Crippen LogP contribution is 2.23. The summed E-state index contributed by atoms with van der Waals surface area (Å²) in [5.74, 6) is -0.869. The molecule has 6 nitrogen and oxygen atoms in total. The van der Waals surface area contributed by atoms with Crippen LogP contribution in [0.25, 0.3) is 0 Å². The molecule has 28 heavy (non-hydrogen) atoms. The lowest BCUT2D eigenvalue weighted by molar-refractivity contribution is 0.102. The van der Waals surface area contributed by atoms with Crippen LogP contribution in [-0.2, 0) is 10.0 Å². The molecular formula is C20H23FN2O4S. The van der Waals surface area contributed by atoms with E-state index in [1.54, 1.807) is 24.3 Å². The lowest BCUT2D eigenvalue weighted by Gasteiger charge is -2.20. The summed E-state index contributed by atoms with van der Waals surface area (Å²) in [7, 11) is -2.24. The summed E-state index contributed by atoms with van der Waals surface area (Å²) >= 11 is 0. The second-order valence-corrected chi connectivity index (χ2v) is 8.58. The summed E-state index contributed by atoms with van der Waals surface area (Å²) in [6.45, 7) is 0.875. The first-order chi connectivity index (χ1) is 13.4. The molecule has 3 rings (SSSR count). The highest BCUT2D eigenvalue weighted by atomic mass is 32.2. The van der Waals surface area contributed by atoms with Crippen molar-refractivity contribution in [3.05, 3.63) is 53.8 Å². The Morgan fingerprint density at radius 1 is 1.04 bits per heavy atom. The number of hydrogen-bond donors (Lipinski definition) is 1. The molecule has 1 heterocycles. The van der Waals surface area contributed by atoms with Gasteiger partial charge in [0.1, 0.15) is 11.6 Å². The van der Waals surface area contributed by atoms with Crippen molar-refractivity contribution in [2.75, 3.05) is 25.5 Å². The normalized spacial score (nSPS) is 15.6. The van der Waals surface area contributed by atoms with E-state index in [0.29, 0.717) is 24.5 Å². The molecule has 0 saturated carbocycles. The molecule has 1 saturated heterocycles. The summed E-state index contributed by atoms with van der Waals surface area (Å²) in [6.07, 6.45) is 3.58. The van der Waals surface area contributed by atoms with Gasteiger partial charge < -0.3 is 10.1 Å². The number of anilines is 1. The third kappa shape index (κ3) is 4.51. The van der Waals surface area contributed by atoms with Gasteiger partial charge in [0.05, 0.1) is 17.6 Å². The topological polar surface area (TPSA) is 75.7 Å². The predicted octanol–water partition coefficient (Wildman–Crippen LogP) is 3.65.